The van der Waals surface area contributed by atoms with Gasteiger partial charge < -0.3 is 14.2 Å². The number of aromatic nitrogens is 1. The highest BCUT2D eigenvalue weighted by Gasteiger charge is 2.36. The number of fused-ring (bicyclic) bond motifs is 2. The first kappa shape index (κ1) is 25.9. The van der Waals surface area contributed by atoms with E-state index in [-0.39, 0.29) is 12.2 Å². The van der Waals surface area contributed by atoms with Crippen LogP contribution in [0.15, 0.2) is 80.1 Å². The Labute approximate surface area is 231 Å². The first-order valence-corrected chi connectivity index (χ1v) is 13.6. The van der Waals surface area contributed by atoms with Crippen LogP contribution < -0.4 is 24.4 Å². The van der Waals surface area contributed by atoms with Crippen LogP contribution in [0, 0.1) is 0 Å². The minimum Gasteiger partial charge on any atom is -0.497 e. The number of hydrogen-bond acceptors (Lipinski definition) is 7. The smallest absolute Gasteiger partial charge is 0.338 e. The second kappa shape index (κ2) is 10.6. The Balaban J connectivity index is 1.85. The van der Waals surface area contributed by atoms with Gasteiger partial charge in [0.15, 0.2) is 4.80 Å². The summed E-state index contributed by atoms with van der Waals surface area (Å²) in [7, 11) is 3.18. The number of thiazole rings is 1. The third-order valence-electron chi connectivity index (χ3n) is 6.43. The average molecular weight is 593 g/mol. The average Bonchev–Trinajstić information content (AvgIpc) is 3.22. The van der Waals surface area contributed by atoms with E-state index in [1.165, 1.54) is 11.3 Å². The molecule has 0 saturated heterocycles. The summed E-state index contributed by atoms with van der Waals surface area (Å²) in [4.78, 5) is 32.6. The fourth-order valence-electron chi connectivity index (χ4n) is 4.70. The molecule has 5 rings (SSSR count). The van der Waals surface area contributed by atoms with Crippen LogP contribution in [0.4, 0.5) is 0 Å². The van der Waals surface area contributed by atoms with Gasteiger partial charge in [-0.3, -0.25) is 9.36 Å². The number of benzene rings is 3. The number of ether oxygens (including phenoxy) is 3. The van der Waals surface area contributed by atoms with Crippen molar-refractivity contribution in [3.05, 3.63) is 101 Å². The van der Waals surface area contributed by atoms with Gasteiger partial charge >= 0.3 is 5.97 Å². The van der Waals surface area contributed by atoms with Gasteiger partial charge in [-0.2, -0.15) is 0 Å². The summed E-state index contributed by atoms with van der Waals surface area (Å²) in [5.74, 6) is 0.722. The maximum atomic E-state index is 14.1. The normalized spacial score (nSPS) is 15.3. The number of esters is 1. The molecule has 0 spiro atoms. The van der Waals surface area contributed by atoms with Crippen LogP contribution in [0.25, 0.3) is 16.8 Å². The second-order valence-electron chi connectivity index (χ2n) is 8.59. The lowest BCUT2D eigenvalue weighted by Crippen LogP contribution is -2.40. The first-order valence-electron chi connectivity index (χ1n) is 12.0. The van der Waals surface area contributed by atoms with Crippen molar-refractivity contribution in [2.45, 2.75) is 19.9 Å². The fraction of sp³-hybridized carbons (Fsp3) is 0.207. The topological polar surface area (TPSA) is 79.1 Å². The number of nitrogens with zero attached hydrogens (tertiary/aromatic N) is 2. The Kier molecular flexibility index (Phi) is 7.23. The van der Waals surface area contributed by atoms with Crippen molar-refractivity contribution in [1.82, 2.24) is 4.57 Å². The van der Waals surface area contributed by atoms with Crippen LogP contribution in [0.3, 0.4) is 0 Å². The zero-order chi connectivity index (χ0) is 27.0. The minimum absolute atomic E-state index is 0.198. The van der Waals surface area contributed by atoms with Crippen molar-refractivity contribution >= 4 is 50.1 Å². The molecule has 38 heavy (non-hydrogen) atoms. The highest BCUT2D eigenvalue weighted by molar-refractivity contribution is 9.10. The van der Waals surface area contributed by atoms with Crippen LogP contribution in [-0.2, 0) is 9.53 Å². The van der Waals surface area contributed by atoms with Gasteiger partial charge in [0.05, 0.1) is 36.6 Å². The maximum Gasteiger partial charge on any atom is 0.338 e. The number of allylic oxidation sites excluding steroid dienone is 1. The summed E-state index contributed by atoms with van der Waals surface area (Å²) in [6, 6.07) is 16.4. The van der Waals surface area contributed by atoms with Gasteiger partial charge in [-0.1, -0.05) is 57.6 Å². The van der Waals surface area contributed by atoms with E-state index in [0.29, 0.717) is 37.7 Å². The van der Waals surface area contributed by atoms with E-state index >= 15 is 0 Å². The molecule has 1 atom stereocenters. The Morgan fingerprint density at radius 2 is 1.92 bits per heavy atom. The summed E-state index contributed by atoms with van der Waals surface area (Å²) in [6.45, 7) is 3.72. The molecule has 0 unspecified atom stereocenters. The molecule has 0 N–H and O–H groups in total. The number of halogens is 1. The Bertz CT molecular complexity index is 1790. The molecule has 0 fully saturated rings. The Morgan fingerprint density at radius 3 is 2.66 bits per heavy atom. The third-order valence-corrected chi connectivity index (χ3v) is 8.14. The van der Waals surface area contributed by atoms with E-state index in [1.54, 1.807) is 38.7 Å². The van der Waals surface area contributed by atoms with Crippen molar-refractivity contribution in [3.63, 3.8) is 0 Å². The molecule has 1 aliphatic heterocycles. The zero-order valence-electron chi connectivity index (χ0n) is 21.3. The van der Waals surface area contributed by atoms with E-state index < -0.39 is 12.0 Å². The molecule has 0 bridgehead atoms. The molecule has 4 aromatic rings. The molecule has 7 nitrogen and oxygen atoms in total. The lowest BCUT2D eigenvalue weighted by molar-refractivity contribution is -0.139. The first-order chi connectivity index (χ1) is 18.4. The maximum absolute atomic E-state index is 14.1. The van der Waals surface area contributed by atoms with Crippen molar-refractivity contribution < 1.29 is 19.0 Å². The van der Waals surface area contributed by atoms with E-state index in [9.17, 15) is 9.59 Å². The van der Waals surface area contributed by atoms with E-state index in [2.05, 4.69) is 20.9 Å². The summed E-state index contributed by atoms with van der Waals surface area (Å²) < 4.78 is 19.5. The molecule has 0 saturated carbocycles. The zero-order valence-corrected chi connectivity index (χ0v) is 23.7. The summed E-state index contributed by atoms with van der Waals surface area (Å²) in [5, 5.41) is 1.84. The minimum atomic E-state index is -0.790. The van der Waals surface area contributed by atoms with Crippen molar-refractivity contribution in [2.75, 3.05) is 20.8 Å². The van der Waals surface area contributed by atoms with Crippen LogP contribution in [0.1, 0.15) is 31.0 Å². The standard InChI is InChI=1S/C29H25BrN2O5S/c1-5-37-28(34)24-16(2)31-29-32(26(24)25-20-9-7-6-8-17(20)10-13-22(25)36-4)27(33)23(38-29)15-18-14-19(35-3)11-12-21(18)30/h6-15,26H,5H2,1-4H3/b23-15-/t26-/m1/s1. The van der Waals surface area contributed by atoms with Gasteiger partial charge in [-0.05, 0) is 60.5 Å². The second-order valence-corrected chi connectivity index (χ2v) is 10.5. The van der Waals surface area contributed by atoms with Gasteiger partial charge in [0, 0.05) is 10.0 Å². The number of carbonyl (C=O) groups is 1. The number of carbonyl (C=O) groups excluding carboxylic acids is 1. The molecule has 3 aromatic carbocycles. The summed E-state index contributed by atoms with van der Waals surface area (Å²) in [6.07, 6.45) is 1.80. The van der Waals surface area contributed by atoms with Crippen molar-refractivity contribution in [1.29, 1.82) is 0 Å². The van der Waals surface area contributed by atoms with Crippen LogP contribution in [-0.4, -0.2) is 31.4 Å². The Hall–Kier alpha value is -3.69. The highest BCUT2D eigenvalue weighted by atomic mass is 79.9. The van der Waals surface area contributed by atoms with Crippen molar-refractivity contribution in [2.24, 2.45) is 4.99 Å². The predicted octanol–water partition coefficient (Wildman–Crippen LogP) is 4.73. The predicted molar refractivity (Wildman–Crippen MR) is 152 cm³/mol. The van der Waals surface area contributed by atoms with E-state index in [4.69, 9.17) is 14.2 Å². The van der Waals surface area contributed by atoms with Crippen LogP contribution in [0.2, 0.25) is 0 Å². The highest BCUT2D eigenvalue weighted by Crippen LogP contribution is 2.40. The van der Waals surface area contributed by atoms with Crippen molar-refractivity contribution in [3.8, 4) is 11.5 Å². The lowest BCUT2D eigenvalue weighted by atomic mass is 9.90. The molecule has 194 valence electrons. The number of methoxy groups -OCH3 is 2. The van der Waals surface area contributed by atoms with Gasteiger partial charge in [-0.15, -0.1) is 0 Å². The van der Waals surface area contributed by atoms with Crippen LogP contribution >= 0.6 is 27.3 Å². The molecular formula is C29H25BrN2O5S. The SMILES string of the molecule is CCOC(=O)C1=C(C)N=c2s/c(=C\c3cc(OC)ccc3Br)c(=O)n2[C@H]1c1c(OC)ccc2ccccc12. The third kappa shape index (κ3) is 4.46. The van der Waals surface area contributed by atoms with Gasteiger partial charge in [0.2, 0.25) is 0 Å². The molecule has 1 aromatic heterocycles. The summed E-state index contributed by atoms with van der Waals surface area (Å²) in [5.41, 5.74) is 2.04. The lowest BCUT2D eigenvalue weighted by Gasteiger charge is -2.27. The van der Waals surface area contributed by atoms with E-state index in [0.717, 1.165) is 20.8 Å². The van der Waals surface area contributed by atoms with Gasteiger partial charge in [-0.25, -0.2) is 9.79 Å². The Morgan fingerprint density at radius 1 is 1.13 bits per heavy atom. The number of hydrogen-bond donors (Lipinski definition) is 0. The largest absolute Gasteiger partial charge is 0.497 e. The van der Waals surface area contributed by atoms with Gasteiger partial charge in [0.1, 0.15) is 17.5 Å². The molecule has 1 aliphatic rings. The molecule has 2 heterocycles. The number of rotatable bonds is 6. The molecule has 0 amide bonds. The quantitative estimate of drug-likeness (QED) is 0.302. The monoisotopic (exact) mass is 592 g/mol. The molecule has 0 aliphatic carbocycles. The molecule has 9 heteroatoms. The molecular weight excluding hydrogens is 568 g/mol. The summed E-state index contributed by atoms with van der Waals surface area (Å²) >= 11 is 4.83. The van der Waals surface area contributed by atoms with Gasteiger partial charge in [0.25, 0.3) is 5.56 Å². The van der Waals surface area contributed by atoms with Crippen LogP contribution in [0.5, 0.6) is 11.5 Å². The fourth-order valence-corrected chi connectivity index (χ4v) is 6.10. The van der Waals surface area contributed by atoms with E-state index in [1.807, 2.05) is 54.6 Å². The molecule has 0 radical (unpaired) electrons.